The highest BCUT2D eigenvalue weighted by molar-refractivity contribution is 9.10. The monoisotopic (exact) mass is 436 g/mol. The van der Waals surface area contributed by atoms with Crippen LogP contribution >= 0.6 is 15.9 Å². The molecule has 2 aromatic carbocycles. The molecule has 0 saturated heterocycles. The molecular formula is C17H17BrN4O3S. The first kappa shape index (κ1) is 18.6. The SMILES string of the molecule is CC(C)Oc1cc(Br)cc2cnc(Nc3ccc(S(N)(=O)=O)cc3)nc12. The van der Waals surface area contributed by atoms with Gasteiger partial charge in [-0.25, -0.2) is 23.5 Å². The molecule has 0 fully saturated rings. The summed E-state index contributed by atoms with van der Waals surface area (Å²) in [7, 11) is -3.72. The van der Waals surface area contributed by atoms with Gasteiger partial charge in [-0.2, -0.15) is 0 Å². The summed E-state index contributed by atoms with van der Waals surface area (Å²) in [6, 6.07) is 9.81. The number of halogens is 1. The molecule has 1 heterocycles. The highest BCUT2D eigenvalue weighted by Crippen LogP contribution is 2.30. The Bertz CT molecular complexity index is 1050. The number of benzene rings is 2. The first-order valence-electron chi connectivity index (χ1n) is 7.75. The van der Waals surface area contributed by atoms with E-state index in [0.29, 0.717) is 22.9 Å². The second kappa shape index (κ2) is 7.18. The van der Waals surface area contributed by atoms with Crippen LogP contribution in [0.15, 0.2) is 52.0 Å². The minimum Gasteiger partial charge on any atom is -0.489 e. The molecule has 0 unspecified atom stereocenters. The van der Waals surface area contributed by atoms with Crippen LogP contribution in [0.5, 0.6) is 5.75 Å². The fourth-order valence-electron chi connectivity index (χ4n) is 2.34. The molecule has 0 bridgehead atoms. The molecule has 0 spiro atoms. The molecule has 0 aliphatic rings. The third-order valence-corrected chi connectivity index (χ3v) is 4.80. The van der Waals surface area contributed by atoms with Crippen LogP contribution in [0.3, 0.4) is 0 Å². The van der Waals surface area contributed by atoms with E-state index in [9.17, 15) is 8.42 Å². The zero-order chi connectivity index (χ0) is 18.9. The molecule has 0 amide bonds. The molecule has 0 aliphatic carbocycles. The van der Waals surface area contributed by atoms with Gasteiger partial charge in [-0.15, -0.1) is 0 Å². The Balaban J connectivity index is 1.94. The van der Waals surface area contributed by atoms with Gasteiger partial charge in [0.1, 0.15) is 11.3 Å². The lowest BCUT2D eigenvalue weighted by atomic mass is 10.2. The number of rotatable bonds is 5. The second-order valence-corrected chi connectivity index (χ2v) is 8.37. The van der Waals surface area contributed by atoms with Crippen molar-refractivity contribution in [2.75, 3.05) is 5.32 Å². The first-order valence-corrected chi connectivity index (χ1v) is 10.1. The zero-order valence-electron chi connectivity index (χ0n) is 14.1. The number of nitrogens with zero attached hydrogens (tertiary/aromatic N) is 2. The predicted molar refractivity (Wildman–Crippen MR) is 104 cm³/mol. The average Bonchev–Trinajstić information content (AvgIpc) is 2.54. The van der Waals surface area contributed by atoms with Crippen molar-refractivity contribution in [2.24, 2.45) is 5.14 Å². The second-order valence-electron chi connectivity index (χ2n) is 5.90. The van der Waals surface area contributed by atoms with Gasteiger partial charge in [-0.05, 0) is 50.2 Å². The summed E-state index contributed by atoms with van der Waals surface area (Å²) < 4.78 is 29.4. The molecule has 3 rings (SSSR count). The summed E-state index contributed by atoms with van der Waals surface area (Å²) in [5.41, 5.74) is 1.32. The van der Waals surface area contributed by atoms with Crippen LogP contribution in [0.4, 0.5) is 11.6 Å². The molecule has 1 aromatic heterocycles. The maximum atomic E-state index is 11.3. The minimum absolute atomic E-state index is 0.00429. The number of primary sulfonamides is 1. The molecule has 0 aliphatic heterocycles. The van der Waals surface area contributed by atoms with Gasteiger partial charge in [0.15, 0.2) is 0 Å². The van der Waals surface area contributed by atoms with Crippen molar-refractivity contribution in [3.63, 3.8) is 0 Å². The smallest absolute Gasteiger partial charge is 0.238 e. The lowest BCUT2D eigenvalue weighted by molar-refractivity contribution is 0.245. The van der Waals surface area contributed by atoms with Crippen molar-refractivity contribution in [2.45, 2.75) is 24.8 Å². The van der Waals surface area contributed by atoms with Crippen molar-refractivity contribution in [1.82, 2.24) is 9.97 Å². The van der Waals surface area contributed by atoms with Gasteiger partial charge >= 0.3 is 0 Å². The third kappa shape index (κ3) is 4.29. The molecule has 3 aromatic rings. The van der Waals surface area contributed by atoms with Crippen molar-refractivity contribution >= 4 is 48.5 Å². The Morgan fingerprint density at radius 1 is 1.19 bits per heavy atom. The van der Waals surface area contributed by atoms with E-state index in [1.807, 2.05) is 26.0 Å². The summed E-state index contributed by atoms with van der Waals surface area (Å²) >= 11 is 3.46. The molecule has 136 valence electrons. The summed E-state index contributed by atoms with van der Waals surface area (Å²) in [4.78, 5) is 8.86. The number of hydrogen-bond acceptors (Lipinski definition) is 6. The number of sulfonamides is 1. The molecule has 0 atom stereocenters. The number of anilines is 2. The molecule has 3 N–H and O–H groups in total. The lowest BCUT2D eigenvalue weighted by Gasteiger charge is -2.13. The Kier molecular flexibility index (Phi) is 5.12. The number of fused-ring (bicyclic) bond motifs is 1. The van der Waals surface area contributed by atoms with E-state index in [2.05, 4.69) is 31.2 Å². The topological polar surface area (TPSA) is 107 Å². The van der Waals surface area contributed by atoms with Crippen LogP contribution in [0.25, 0.3) is 10.9 Å². The number of aromatic nitrogens is 2. The summed E-state index contributed by atoms with van der Waals surface area (Å²) in [6.07, 6.45) is 1.70. The summed E-state index contributed by atoms with van der Waals surface area (Å²) in [5.74, 6) is 1.02. The minimum atomic E-state index is -3.72. The van der Waals surface area contributed by atoms with Crippen molar-refractivity contribution in [1.29, 1.82) is 0 Å². The largest absolute Gasteiger partial charge is 0.489 e. The number of hydrogen-bond donors (Lipinski definition) is 2. The first-order chi connectivity index (χ1) is 12.2. The van der Waals surface area contributed by atoms with Crippen LogP contribution in [0.1, 0.15) is 13.8 Å². The highest BCUT2D eigenvalue weighted by Gasteiger charge is 2.11. The summed E-state index contributed by atoms with van der Waals surface area (Å²) in [6.45, 7) is 3.89. The van der Waals surface area contributed by atoms with E-state index >= 15 is 0 Å². The maximum absolute atomic E-state index is 11.3. The van der Waals surface area contributed by atoms with Gasteiger partial charge in [0.2, 0.25) is 16.0 Å². The fourth-order valence-corrected chi connectivity index (χ4v) is 3.31. The molecule has 0 radical (unpaired) electrons. The predicted octanol–water partition coefficient (Wildman–Crippen LogP) is 3.57. The molecule has 26 heavy (non-hydrogen) atoms. The average molecular weight is 437 g/mol. The van der Waals surface area contributed by atoms with Crippen molar-refractivity contribution in [3.8, 4) is 5.75 Å². The standard InChI is InChI=1S/C17H17BrN4O3S/c1-10(2)25-15-8-12(18)7-11-9-20-17(22-16(11)15)21-13-3-5-14(6-4-13)26(19,23)24/h3-10H,1-2H3,(H2,19,23,24)(H,20,21,22). The normalized spacial score (nSPS) is 11.7. The van der Waals surface area contributed by atoms with E-state index < -0.39 is 10.0 Å². The lowest BCUT2D eigenvalue weighted by Crippen LogP contribution is -2.11. The Morgan fingerprint density at radius 3 is 2.50 bits per heavy atom. The van der Waals surface area contributed by atoms with Crippen molar-refractivity contribution in [3.05, 3.63) is 47.1 Å². The van der Waals surface area contributed by atoms with Crippen molar-refractivity contribution < 1.29 is 13.2 Å². The number of nitrogens with one attached hydrogen (secondary N) is 1. The maximum Gasteiger partial charge on any atom is 0.238 e. The van der Waals surface area contributed by atoms with E-state index in [4.69, 9.17) is 9.88 Å². The Labute approximate surface area is 159 Å². The van der Waals surface area contributed by atoms with Gasteiger partial charge in [-0.3, -0.25) is 0 Å². The molecular weight excluding hydrogens is 420 g/mol. The Hall–Kier alpha value is -2.23. The molecule has 0 saturated carbocycles. The van der Waals surface area contributed by atoms with Gasteiger partial charge in [0, 0.05) is 21.7 Å². The zero-order valence-corrected chi connectivity index (χ0v) is 16.5. The fraction of sp³-hybridized carbons (Fsp3) is 0.176. The van der Waals surface area contributed by atoms with Crippen LogP contribution in [0.2, 0.25) is 0 Å². The molecule has 7 nitrogen and oxygen atoms in total. The highest BCUT2D eigenvalue weighted by atomic mass is 79.9. The Morgan fingerprint density at radius 2 is 1.88 bits per heavy atom. The third-order valence-electron chi connectivity index (χ3n) is 3.41. The van der Waals surface area contributed by atoms with Gasteiger partial charge < -0.3 is 10.1 Å². The number of ether oxygens (including phenoxy) is 1. The van der Waals surface area contributed by atoms with Crippen LogP contribution < -0.4 is 15.2 Å². The molecule has 9 heteroatoms. The quantitative estimate of drug-likeness (QED) is 0.632. The van der Waals surface area contributed by atoms with Crippen LogP contribution in [0, 0.1) is 0 Å². The van der Waals surface area contributed by atoms with Gasteiger partial charge in [-0.1, -0.05) is 15.9 Å². The number of nitrogens with two attached hydrogens (primary N) is 1. The van der Waals surface area contributed by atoms with Crippen LogP contribution in [-0.4, -0.2) is 24.5 Å². The van der Waals surface area contributed by atoms with Gasteiger partial charge in [0.05, 0.1) is 11.0 Å². The van der Waals surface area contributed by atoms with Crippen LogP contribution in [-0.2, 0) is 10.0 Å². The van der Waals surface area contributed by atoms with E-state index in [1.165, 1.54) is 12.1 Å². The van der Waals surface area contributed by atoms with E-state index in [0.717, 1.165) is 9.86 Å². The summed E-state index contributed by atoms with van der Waals surface area (Å²) in [5, 5.41) is 8.98. The van der Waals surface area contributed by atoms with Gasteiger partial charge in [0.25, 0.3) is 0 Å². The van der Waals surface area contributed by atoms with E-state index in [1.54, 1.807) is 18.3 Å². The van der Waals surface area contributed by atoms with E-state index in [-0.39, 0.29) is 11.0 Å².